The molecule has 0 amide bonds. The second-order valence-electron chi connectivity index (χ2n) is 3.90. The van der Waals surface area contributed by atoms with Gasteiger partial charge in [-0.15, -0.1) is 11.3 Å². The van der Waals surface area contributed by atoms with Gasteiger partial charge in [-0.2, -0.15) is 0 Å². The van der Waals surface area contributed by atoms with Crippen molar-refractivity contribution in [1.82, 2.24) is 0 Å². The van der Waals surface area contributed by atoms with E-state index in [9.17, 15) is 0 Å². The molecule has 0 radical (unpaired) electrons. The van der Waals surface area contributed by atoms with Crippen LogP contribution < -0.4 is 10.5 Å². The van der Waals surface area contributed by atoms with E-state index in [1.54, 1.807) is 30.6 Å². The minimum absolute atomic E-state index is 0.143. The van der Waals surface area contributed by atoms with Gasteiger partial charge in [0.05, 0.1) is 12.0 Å². The Morgan fingerprint density at radius 3 is 2.83 bits per heavy atom. The number of thiophene rings is 1. The van der Waals surface area contributed by atoms with E-state index in [4.69, 9.17) is 33.7 Å². The second kappa shape index (κ2) is 5.93. The summed E-state index contributed by atoms with van der Waals surface area (Å²) in [6, 6.07) is 7.18. The highest BCUT2D eigenvalue weighted by atomic mass is 35.5. The number of nitrogens with two attached hydrogens (primary N) is 1. The summed E-state index contributed by atoms with van der Waals surface area (Å²) >= 11 is 13.7. The summed E-state index contributed by atoms with van der Waals surface area (Å²) in [5, 5.41) is 3.32. The van der Waals surface area contributed by atoms with E-state index in [1.165, 1.54) is 0 Å². The average Bonchev–Trinajstić information content (AvgIpc) is 2.82. The average molecular weight is 302 g/mol. The van der Waals surface area contributed by atoms with Crippen LogP contribution in [0.2, 0.25) is 10.0 Å². The van der Waals surface area contributed by atoms with E-state index in [2.05, 4.69) is 0 Å². The molecule has 0 bridgehead atoms. The summed E-state index contributed by atoms with van der Waals surface area (Å²) in [7, 11) is 1.64. The fraction of sp³-hybridized carbons (Fsp3) is 0.231. The van der Waals surface area contributed by atoms with Gasteiger partial charge in [-0.05, 0) is 41.6 Å². The molecule has 1 unspecified atom stereocenters. The minimum Gasteiger partial charge on any atom is -0.496 e. The fourth-order valence-corrected chi connectivity index (χ4v) is 3.03. The van der Waals surface area contributed by atoms with E-state index in [1.807, 2.05) is 17.5 Å². The van der Waals surface area contributed by atoms with Crippen LogP contribution in [-0.2, 0) is 6.42 Å². The predicted octanol–water partition coefficient (Wildman–Crippen LogP) is 4.31. The molecule has 1 aromatic carbocycles. The van der Waals surface area contributed by atoms with Gasteiger partial charge in [0.25, 0.3) is 0 Å². The maximum atomic E-state index is 6.20. The zero-order valence-corrected chi connectivity index (χ0v) is 12.1. The Kier molecular flexibility index (Phi) is 4.51. The summed E-state index contributed by atoms with van der Waals surface area (Å²) in [6.07, 6.45) is 0.635. The predicted molar refractivity (Wildman–Crippen MR) is 78.0 cm³/mol. The van der Waals surface area contributed by atoms with Crippen molar-refractivity contribution in [3.63, 3.8) is 0 Å². The molecule has 96 valence electrons. The lowest BCUT2D eigenvalue weighted by molar-refractivity contribution is 0.409. The van der Waals surface area contributed by atoms with Crippen LogP contribution >= 0.6 is 34.5 Å². The SMILES string of the molecule is COc1ccsc1C(N)Cc1cc(Cl)ccc1Cl. The number of hydrogen-bond donors (Lipinski definition) is 1. The lowest BCUT2D eigenvalue weighted by Crippen LogP contribution is -2.13. The van der Waals surface area contributed by atoms with Gasteiger partial charge in [0.15, 0.2) is 0 Å². The highest BCUT2D eigenvalue weighted by Crippen LogP contribution is 2.33. The Morgan fingerprint density at radius 2 is 2.11 bits per heavy atom. The first-order valence-electron chi connectivity index (χ1n) is 5.42. The number of benzene rings is 1. The molecule has 1 atom stereocenters. The van der Waals surface area contributed by atoms with Crippen molar-refractivity contribution in [2.24, 2.45) is 5.73 Å². The second-order valence-corrected chi connectivity index (χ2v) is 5.69. The van der Waals surface area contributed by atoms with Crippen LogP contribution in [0.5, 0.6) is 5.75 Å². The molecule has 0 aliphatic rings. The first-order chi connectivity index (χ1) is 8.61. The normalized spacial score (nSPS) is 12.4. The van der Waals surface area contributed by atoms with E-state index < -0.39 is 0 Å². The lowest BCUT2D eigenvalue weighted by Gasteiger charge is -2.13. The molecule has 1 aromatic heterocycles. The van der Waals surface area contributed by atoms with E-state index >= 15 is 0 Å². The molecule has 0 aliphatic heterocycles. The van der Waals surface area contributed by atoms with Gasteiger partial charge in [-0.1, -0.05) is 23.2 Å². The number of methoxy groups -OCH3 is 1. The molecule has 0 spiro atoms. The number of halogens is 2. The number of ether oxygens (including phenoxy) is 1. The Balaban J connectivity index is 2.21. The summed E-state index contributed by atoms with van der Waals surface area (Å²) in [6.45, 7) is 0. The molecule has 0 fully saturated rings. The lowest BCUT2D eigenvalue weighted by atomic mass is 10.1. The fourth-order valence-electron chi connectivity index (χ4n) is 1.78. The summed E-state index contributed by atoms with van der Waals surface area (Å²) in [5.74, 6) is 0.825. The van der Waals surface area contributed by atoms with Gasteiger partial charge in [-0.25, -0.2) is 0 Å². The Labute approximate surface area is 120 Å². The highest BCUT2D eigenvalue weighted by molar-refractivity contribution is 7.10. The van der Waals surface area contributed by atoms with Crippen LogP contribution in [0.1, 0.15) is 16.5 Å². The largest absolute Gasteiger partial charge is 0.496 e. The number of rotatable bonds is 4. The smallest absolute Gasteiger partial charge is 0.134 e. The summed E-state index contributed by atoms with van der Waals surface area (Å²) in [5.41, 5.74) is 7.15. The van der Waals surface area contributed by atoms with Crippen molar-refractivity contribution in [2.75, 3.05) is 7.11 Å². The topological polar surface area (TPSA) is 35.2 Å². The van der Waals surface area contributed by atoms with Crippen molar-refractivity contribution in [3.05, 3.63) is 50.1 Å². The van der Waals surface area contributed by atoms with E-state index in [0.29, 0.717) is 16.5 Å². The molecule has 2 N–H and O–H groups in total. The Bertz CT molecular complexity index is 542. The number of hydrogen-bond acceptors (Lipinski definition) is 3. The van der Waals surface area contributed by atoms with Gasteiger partial charge in [0.1, 0.15) is 5.75 Å². The highest BCUT2D eigenvalue weighted by Gasteiger charge is 2.15. The molecule has 5 heteroatoms. The first kappa shape index (κ1) is 13.7. The van der Waals surface area contributed by atoms with Crippen molar-refractivity contribution in [3.8, 4) is 5.75 Å². The maximum Gasteiger partial charge on any atom is 0.134 e. The Hall–Kier alpha value is -0.740. The molecule has 0 saturated carbocycles. The van der Waals surface area contributed by atoms with Gasteiger partial charge < -0.3 is 10.5 Å². The first-order valence-corrected chi connectivity index (χ1v) is 7.06. The molecule has 2 rings (SSSR count). The summed E-state index contributed by atoms with van der Waals surface area (Å²) < 4.78 is 5.27. The molecular formula is C13H13Cl2NOS. The third-order valence-corrected chi connectivity index (χ3v) is 4.30. The van der Waals surface area contributed by atoms with Crippen molar-refractivity contribution in [1.29, 1.82) is 0 Å². The van der Waals surface area contributed by atoms with Crippen LogP contribution in [0.3, 0.4) is 0 Å². The molecule has 18 heavy (non-hydrogen) atoms. The Morgan fingerprint density at radius 1 is 1.33 bits per heavy atom. The van der Waals surface area contributed by atoms with Crippen LogP contribution in [0, 0.1) is 0 Å². The third kappa shape index (κ3) is 2.98. The standard InChI is InChI=1S/C13H13Cl2NOS/c1-17-12-4-5-18-13(12)11(16)7-8-6-9(14)2-3-10(8)15/h2-6,11H,7,16H2,1H3. The van der Waals surface area contributed by atoms with Crippen molar-refractivity contribution < 1.29 is 4.74 Å². The molecule has 2 aromatic rings. The molecule has 2 nitrogen and oxygen atoms in total. The summed E-state index contributed by atoms with van der Waals surface area (Å²) in [4.78, 5) is 1.02. The zero-order valence-electron chi connectivity index (χ0n) is 9.82. The minimum atomic E-state index is -0.143. The molecule has 0 saturated heterocycles. The van der Waals surface area contributed by atoms with Gasteiger partial charge in [0, 0.05) is 16.1 Å². The van der Waals surface area contributed by atoms with Crippen LogP contribution in [-0.4, -0.2) is 7.11 Å². The van der Waals surface area contributed by atoms with Gasteiger partial charge >= 0.3 is 0 Å². The van der Waals surface area contributed by atoms with Crippen molar-refractivity contribution in [2.45, 2.75) is 12.5 Å². The van der Waals surface area contributed by atoms with Crippen LogP contribution in [0.25, 0.3) is 0 Å². The van der Waals surface area contributed by atoms with Crippen molar-refractivity contribution >= 4 is 34.5 Å². The molecule has 1 heterocycles. The van der Waals surface area contributed by atoms with Crippen LogP contribution in [0.4, 0.5) is 0 Å². The van der Waals surface area contributed by atoms with Crippen LogP contribution in [0.15, 0.2) is 29.6 Å². The zero-order chi connectivity index (χ0) is 13.1. The van der Waals surface area contributed by atoms with E-state index in [-0.39, 0.29) is 6.04 Å². The van der Waals surface area contributed by atoms with Gasteiger partial charge in [0.2, 0.25) is 0 Å². The monoisotopic (exact) mass is 301 g/mol. The van der Waals surface area contributed by atoms with Gasteiger partial charge in [-0.3, -0.25) is 0 Å². The van der Waals surface area contributed by atoms with E-state index in [0.717, 1.165) is 16.2 Å². The molecule has 0 aliphatic carbocycles. The molecular weight excluding hydrogens is 289 g/mol. The quantitative estimate of drug-likeness (QED) is 0.913. The third-order valence-electron chi connectivity index (χ3n) is 2.66. The maximum absolute atomic E-state index is 6.20.